The molecule has 130 valence electrons. The number of aryl methyl sites for hydroxylation is 3. The Bertz CT molecular complexity index is 857. The fourth-order valence-corrected chi connectivity index (χ4v) is 5.03. The number of rotatable bonds is 5. The highest BCUT2D eigenvalue weighted by molar-refractivity contribution is 7.15. The molecule has 1 amide bonds. The molecule has 1 N–H and O–H groups in total. The van der Waals surface area contributed by atoms with Crippen LogP contribution in [-0.2, 0) is 19.3 Å². The lowest BCUT2D eigenvalue weighted by atomic mass is 10.0. The summed E-state index contributed by atoms with van der Waals surface area (Å²) in [5, 5.41) is 4.83. The highest BCUT2D eigenvalue weighted by Crippen LogP contribution is 2.28. The normalized spacial score (nSPS) is 13.6. The van der Waals surface area contributed by atoms with Gasteiger partial charge in [0, 0.05) is 22.7 Å². The molecule has 0 bridgehead atoms. The average Bonchev–Trinajstić information content (AvgIpc) is 3.33. The molecule has 25 heavy (non-hydrogen) atoms. The summed E-state index contributed by atoms with van der Waals surface area (Å²) in [6.07, 6.45) is 7.16. The van der Waals surface area contributed by atoms with Crippen molar-refractivity contribution in [2.45, 2.75) is 39.0 Å². The molecule has 7 heteroatoms. The van der Waals surface area contributed by atoms with Crippen LogP contribution in [0.5, 0.6) is 0 Å². The molecule has 3 heterocycles. The van der Waals surface area contributed by atoms with Crippen molar-refractivity contribution in [3.8, 4) is 10.8 Å². The van der Waals surface area contributed by atoms with Gasteiger partial charge in [-0.25, -0.2) is 9.97 Å². The first kappa shape index (κ1) is 16.5. The lowest BCUT2D eigenvalue weighted by molar-refractivity contribution is 0.0949. The number of furan rings is 1. The van der Waals surface area contributed by atoms with E-state index >= 15 is 0 Å². The van der Waals surface area contributed by atoms with Gasteiger partial charge in [-0.15, -0.1) is 22.7 Å². The van der Waals surface area contributed by atoms with E-state index in [0.29, 0.717) is 18.0 Å². The maximum atomic E-state index is 12.4. The number of aromatic nitrogens is 2. The highest BCUT2D eigenvalue weighted by atomic mass is 32.1. The van der Waals surface area contributed by atoms with Crippen LogP contribution in [-0.4, -0.2) is 22.4 Å². The Labute approximate surface area is 154 Å². The van der Waals surface area contributed by atoms with Crippen LogP contribution < -0.4 is 5.32 Å². The van der Waals surface area contributed by atoms with E-state index in [4.69, 9.17) is 9.40 Å². The average molecular weight is 374 g/mol. The zero-order valence-electron chi connectivity index (χ0n) is 14.0. The van der Waals surface area contributed by atoms with Crippen LogP contribution in [0.2, 0.25) is 0 Å². The van der Waals surface area contributed by atoms with Crippen molar-refractivity contribution in [3.05, 3.63) is 44.5 Å². The Hall–Kier alpha value is -1.99. The molecule has 0 unspecified atom stereocenters. The number of carbonyl (C=O) groups is 1. The molecule has 0 spiro atoms. The number of amides is 1. The quantitative estimate of drug-likeness (QED) is 0.733. The summed E-state index contributed by atoms with van der Waals surface area (Å²) in [4.78, 5) is 23.9. The Balaban J connectivity index is 1.37. The molecule has 0 saturated heterocycles. The topological polar surface area (TPSA) is 68.0 Å². The predicted molar refractivity (Wildman–Crippen MR) is 99.3 cm³/mol. The molecule has 0 saturated carbocycles. The Morgan fingerprint density at radius 1 is 1.28 bits per heavy atom. The summed E-state index contributed by atoms with van der Waals surface area (Å²) >= 11 is 3.27. The molecule has 1 aliphatic carbocycles. The first-order valence-corrected chi connectivity index (χ1v) is 10.1. The van der Waals surface area contributed by atoms with Gasteiger partial charge in [-0.2, -0.15) is 0 Å². The first-order chi connectivity index (χ1) is 12.2. The summed E-state index contributed by atoms with van der Waals surface area (Å²) < 4.78 is 5.36. The van der Waals surface area contributed by atoms with Gasteiger partial charge in [-0.1, -0.05) is 0 Å². The molecule has 0 fully saturated rings. The molecule has 0 aromatic carbocycles. The number of nitrogens with one attached hydrogen (secondary N) is 1. The summed E-state index contributed by atoms with van der Waals surface area (Å²) in [6.45, 7) is 2.49. The molecular weight excluding hydrogens is 354 g/mol. The van der Waals surface area contributed by atoms with Gasteiger partial charge in [0.15, 0.2) is 10.8 Å². The minimum absolute atomic E-state index is 0.132. The zero-order chi connectivity index (χ0) is 17.2. The van der Waals surface area contributed by atoms with E-state index in [2.05, 4.69) is 10.3 Å². The highest BCUT2D eigenvalue weighted by Gasteiger charge is 2.18. The third-order valence-corrected chi connectivity index (χ3v) is 6.46. The van der Waals surface area contributed by atoms with E-state index in [1.54, 1.807) is 17.6 Å². The van der Waals surface area contributed by atoms with E-state index in [1.165, 1.54) is 34.7 Å². The van der Waals surface area contributed by atoms with Crippen molar-refractivity contribution in [1.82, 2.24) is 15.3 Å². The van der Waals surface area contributed by atoms with Gasteiger partial charge in [0.1, 0.15) is 5.69 Å². The fraction of sp³-hybridized carbons (Fsp3) is 0.389. The third-order valence-electron chi connectivity index (χ3n) is 4.26. The van der Waals surface area contributed by atoms with Gasteiger partial charge >= 0.3 is 0 Å². The van der Waals surface area contributed by atoms with Crippen molar-refractivity contribution < 1.29 is 9.21 Å². The van der Waals surface area contributed by atoms with Crippen molar-refractivity contribution in [1.29, 1.82) is 0 Å². The molecular formula is C18H19N3O2S2. The number of nitrogens with zero attached hydrogens (tertiary/aromatic N) is 2. The first-order valence-electron chi connectivity index (χ1n) is 8.47. The lowest BCUT2D eigenvalue weighted by Gasteiger charge is -2.06. The van der Waals surface area contributed by atoms with E-state index in [-0.39, 0.29) is 5.91 Å². The van der Waals surface area contributed by atoms with Gasteiger partial charge in [-0.05, 0) is 44.7 Å². The Morgan fingerprint density at radius 3 is 2.96 bits per heavy atom. The molecule has 4 rings (SSSR count). The van der Waals surface area contributed by atoms with Crippen LogP contribution in [0.25, 0.3) is 10.8 Å². The second-order valence-corrected chi connectivity index (χ2v) is 8.46. The molecule has 0 atom stereocenters. The molecule has 5 nitrogen and oxygen atoms in total. The predicted octanol–water partition coefficient (Wildman–Crippen LogP) is 4.02. The second kappa shape index (κ2) is 7.09. The van der Waals surface area contributed by atoms with E-state index in [9.17, 15) is 4.79 Å². The number of fused-ring (bicyclic) bond motifs is 1. The van der Waals surface area contributed by atoms with Crippen LogP contribution in [0.4, 0.5) is 0 Å². The van der Waals surface area contributed by atoms with Crippen molar-refractivity contribution in [3.63, 3.8) is 0 Å². The van der Waals surface area contributed by atoms with E-state index in [1.807, 2.05) is 19.1 Å². The van der Waals surface area contributed by atoms with Gasteiger partial charge in [-0.3, -0.25) is 4.79 Å². The van der Waals surface area contributed by atoms with Crippen molar-refractivity contribution in [2.75, 3.05) is 6.54 Å². The second-order valence-electron chi connectivity index (χ2n) is 6.09. The largest absolute Gasteiger partial charge is 0.462 e. The van der Waals surface area contributed by atoms with E-state index < -0.39 is 0 Å². The van der Waals surface area contributed by atoms with Crippen LogP contribution >= 0.6 is 22.7 Å². The summed E-state index contributed by atoms with van der Waals surface area (Å²) in [6, 6.07) is 3.67. The van der Waals surface area contributed by atoms with Gasteiger partial charge in [0.05, 0.1) is 17.0 Å². The van der Waals surface area contributed by atoms with E-state index in [0.717, 1.165) is 34.2 Å². The smallest absolute Gasteiger partial charge is 0.271 e. The van der Waals surface area contributed by atoms with Crippen LogP contribution in [0, 0.1) is 6.92 Å². The van der Waals surface area contributed by atoms with Gasteiger partial charge in [0.2, 0.25) is 0 Å². The standard InChI is InChI=1S/C18H19N3O2S2/c1-11-16(21-18(24-11)13-6-4-10-23-13)17(22)19-9-8-15-20-12-5-2-3-7-14(12)25-15/h4,6,10H,2-3,5,7-9H2,1H3,(H,19,22). The van der Waals surface area contributed by atoms with Crippen LogP contribution in [0.3, 0.4) is 0 Å². The maximum absolute atomic E-state index is 12.4. The summed E-state index contributed by atoms with van der Waals surface area (Å²) in [7, 11) is 0. The Morgan fingerprint density at radius 2 is 2.16 bits per heavy atom. The minimum atomic E-state index is -0.132. The SMILES string of the molecule is Cc1sc(-c2ccco2)nc1C(=O)NCCc1nc2c(s1)CCCC2. The summed E-state index contributed by atoms with van der Waals surface area (Å²) in [5.74, 6) is 0.563. The minimum Gasteiger partial charge on any atom is -0.462 e. The lowest BCUT2D eigenvalue weighted by Crippen LogP contribution is -2.26. The molecule has 3 aromatic rings. The molecule has 0 radical (unpaired) electrons. The monoisotopic (exact) mass is 373 g/mol. The Kier molecular flexibility index (Phi) is 4.67. The summed E-state index contributed by atoms with van der Waals surface area (Å²) in [5.41, 5.74) is 1.76. The molecule has 0 aliphatic heterocycles. The van der Waals surface area contributed by atoms with Gasteiger partial charge in [0.25, 0.3) is 5.91 Å². The van der Waals surface area contributed by atoms with Crippen molar-refractivity contribution in [2.24, 2.45) is 0 Å². The molecule has 1 aliphatic rings. The van der Waals surface area contributed by atoms with Gasteiger partial charge < -0.3 is 9.73 Å². The molecule has 3 aromatic heterocycles. The van der Waals surface area contributed by atoms with Crippen molar-refractivity contribution >= 4 is 28.6 Å². The van der Waals surface area contributed by atoms with Crippen LogP contribution in [0.1, 0.15) is 43.8 Å². The number of hydrogen-bond acceptors (Lipinski definition) is 6. The number of carbonyl (C=O) groups excluding carboxylic acids is 1. The maximum Gasteiger partial charge on any atom is 0.271 e. The number of hydrogen-bond donors (Lipinski definition) is 1. The fourth-order valence-electron chi connectivity index (χ4n) is 2.99. The van der Waals surface area contributed by atoms with Crippen LogP contribution in [0.15, 0.2) is 22.8 Å². The third kappa shape index (κ3) is 3.52. The number of thiazole rings is 2. The zero-order valence-corrected chi connectivity index (χ0v) is 15.6.